The molecule has 7 heteroatoms. The van der Waals surface area contributed by atoms with Crippen LogP contribution < -0.4 is 9.46 Å². The van der Waals surface area contributed by atoms with Gasteiger partial charge in [0.1, 0.15) is 12.1 Å². The number of fused-ring (bicyclic) bond motifs is 1. The molecule has 1 aliphatic heterocycles. The summed E-state index contributed by atoms with van der Waals surface area (Å²) in [5, 5.41) is 0. The van der Waals surface area contributed by atoms with E-state index < -0.39 is 10.0 Å². The van der Waals surface area contributed by atoms with E-state index in [-0.39, 0.29) is 11.4 Å². The number of rotatable bonds is 5. The second-order valence-electron chi connectivity index (χ2n) is 5.90. The monoisotopic (exact) mass is 331 g/mol. The predicted octanol–water partition coefficient (Wildman–Crippen LogP) is 1.77. The van der Waals surface area contributed by atoms with Gasteiger partial charge in [-0.25, -0.2) is 23.1 Å². The van der Waals surface area contributed by atoms with Crippen molar-refractivity contribution in [3.05, 3.63) is 47.5 Å². The maximum atomic E-state index is 12.4. The van der Waals surface area contributed by atoms with Gasteiger partial charge in [-0.05, 0) is 42.7 Å². The summed E-state index contributed by atoms with van der Waals surface area (Å²) in [6, 6.07) is 6.85. The minimum atomic E-state index is -3.56. The van der Waals surface area contributed by atoms with Crippen LogP contribution in [0.15, 0.2) is 35.5 Å². The molecule has 1 fully saturated rings. The van der Waals surface area contributed by atoms with E-state index in [1.807, 2.05) is 6.07 Å². The average Bonchev–Trinajstić information content (AvgIpc) is 3.31. The van der Waals surface area contributed by atoms with Crippen molar-refractivity contribution >= 4 is 10.0 Å². The third kappa shape index (κ3) is 3.07. The Morgan fingerprint density at radius 2 is 2.09 bits per heavy atom. The number of ether oxygens (including phenoxy) is 1. The van der Waals surface area contributed by atoms with E-state index in [4.69, 9.17) is 4.74 Å². The van der Waals surface area contributed by atoms with E-state index in [1.54, 1.807) is 18.2 Å². The number of hydrogen-bond donors (Lipinski definition) is 1. The van der Waals surface area contributed by atoms with Crippen LogP contribution in [0.4, 0.5) is 0 Å². The molecule has 4 rings (SSSR count). The molecule has 0 atom stereocenters. The van der Waals surface area contributed by atoms with E-state index in [9.17, 15) is 8.42 Å². The van der Waals surface area contributed by atoms with Gasteiger partial charge in [-0.1, -0.05) is 0 Å². The van der Waals surface area contributed by atoms with Crippen LogP contribution >= 0.6 is 0 Å². The van der Waals surface area contributed by atoms with E-state index in [2.05, 4.69) is 14.7 Å². The summed E-state index contributed by atoms with van der Waals surface area (Å²) in [6.45, 7) is 0.773. The zero-order valence-electron chi connectivity index (χ0n) is 12.5. The molecule has 1 aromatic heterocycles. The minimum absolute atomic E-state index is 0.165. The Morgan fingerprint density at radius 3 is 2.91 bits per heavy atom. The van der Waals surface area contributed by atoms with Crippen LogP contribution in [0.1, 0.15) is 35.7 Å². The molecule has 0 spiro atoms. The Labute approximate surface area is 135 Å². The largest absolute Gasteiger partial charge is 0.493 e. The molecule has 0 saturated heterocycles. The third-order valence-corrected chi connectivity index (χ3v) is 5.55. The number of aromatic nitrogens is 2. The van der Waals surface area contributed by atoms with Gasteiger partial charge >= 0.3 is 0 Å². The SMILES string of the molecule is O=S(=O)(NCc1cc(C2CC2)ncn1)c1ccc2c(c1)CCO2. The fourth-order valence-corrected chi connectivity index (χ4v) is 3.75. The topological polar surface area (TPSA) is 81.2 Å². The number of nitrogens with zero attached hydrogens (tertiary/aromatic N) is 2. The second kappa shape index (κ2) is 5.58. The lowest BCUT2D eigenvalue weighted by Crippen LogP contribution is -2.24. The molecule has 0 bridgehead atoms. The molecule has 1 saturated carbocycles. The first-order chi connectivity index (χ1) is 11.1. The van der Waals surface area contributed by atoms with E-state index in [0.717, 1.165) is 36.3 Å². The molecule has 1 N–H and O–H groups in total. The number of hydrogen-bond acceptors (Lipinski definition) is 5. The van der Waals surface area contributed by atoms with Gasteiger partial charge in [0.25, 0.3) is 0 Å². The lowest BCUT2D eigenvalue weighted by Gasteiger charge is -2.08. The first-order valence-electron chi connectivity index (χ1n) is 7.68. The van der Waals surface area contributed by atoms with Gasteiger partial charge in [-0.2, -0.15) is 0 Å². The minimum Gasteiger partial charge on any atom is -0.493 e. The van der Waals surface area contributed by atoms with Crippen LogP contribution in [-0.4, -0.2) is 25.0 Å². The molecule has 2 aromatic rings. The van der Waals surface area contributed by atoms with Crippen LogP contribution in [0.3, 0.4) is 0 Å². The summed E-state index contributed by atoms with van der Waals surface area (Å²) >= 11 is 0. The standard InChI is InChI=1S/C16H17N3O3S/c20-23(21,14-3-4-16-12(7-14)5-6-22-16)19-9-13-8-15(11-1-2-11)18-10-17-13/h3-4,7-8,10-11,19H,1-2,5-6,9H2. The summed E-state index contributed by atoms with van der Waals surface area (Å²) in [7, 11) is -3.56. The van der Waals surface area contributed by atoms with Crippen molar-refractivity contribution in [2.75, 3.05) is 6.61 Å². The molecule has 120 valence electrons. The van der Waals surface area contributed by atoms with Gasteiger partial charge in [0.05, 0.1) is 23.7 Å². The van der Waals surface area contributed by atoms with Crippen LogP contribution in [0.5, 0.6) is 5.75 Å². The maximum absolute atomic E-state index is 12.4. The van der Waals surface area contributed by atoms with Gasteiger partial charge in [0.2, 0.25) is 10.0 Å². The number of sulfonamides is 1. The molecule has 1 aliphatic carbocycles. The predicted molar refractivity (Wildman–Crippen MR) is 83.7 cm³/mol. The van der Waals surface area contributed by atoms with Crippen LogP contribution in [0, 0.1) is 0 Å². The molecule has 0 radical (unpaired) electrons. The normalized spacial score (nSPS) is 16.9. The maximum Gasteiger partial charge on any atom is 0.240 e. The third-order valence-electron chi connectivity index (χ3n) is 4.16. The van der Waals surface area contributed by atoms with E-state index in [1.165, 1.54) is 6.33 Å². The fourth-order valence-electron chi connectivity index (χ4n) is 2.70. The van der Waals surface area contributed by atoms with Crippen molar-refractivity contribution in [3.8, 4) is 5.75 Å². The van der Waals surface area contributed by atoms with Gasteiger partial charge in [0.15, 0.2) is 0 Å². The van der Waals surface area contributed by atoms with Crippen molar-refractivity contribution < 1.29 is 13.2 Å². The van der Waals surface area contributed by atoms with Crippen LogP contribution in [0.25, 0.3) is 0 Å². The zero-order valence-corrected chi connectivity index (χ0v) is 13.3. The molecule has 6 nitrogen and oxygen atoms in total. The van der Waals surface area contributed by atoms with E-state index >= 15 is 0 Å². The molecule has 0 amide bonds. The summed E-state index contributed by atoms with van der Waals surface area (Å²) in [5.74, 6) is 1.29. The molecular weight excluding hydrogens is 314 g/mol. The number of nitrogens with one attached hydrogen (secondary N) is 1. The molecular formula is C16H17N3O3S. The highest BCUT2D eigenvalue weighted by atomic mass is 32.2. The summed E-state index contributed by atoms with van der Waals surface area (Å²) < 4.78 is 32.9. The first-order valence-corrected chi connectivity index (χ1v) is 9.16. The Hall–Kier alpha value is -1.99. The van der Waals surface area contributed by atoms with Crippen LogP contribution in [-0.2, 0) is 23.0 Å². The summed E-state index contributed by atoms with van der Waals surface area (Å²) in [6.07, 6.45) is 4.55. The van der Waals surface area contributed by atoms with Crippen molar-refractivity contribution in [3.63, 3.8) is 0 Å². The highest BCUT2D eigenvalue weighted by molar-refractivity contribution is 7.89. The van der Waals surface area contributed by atoms with Gasteiger partial charge in [-0.3, -0.25) is 0 Å². The van der Waals surface area contributed by atoms with Crippen molar-refractivity contribution in [1.29, 1.82) is 0 Å². The number of benzene rings is 1. The summed E-state index contributed by atoms with van der Waals surface area (Å²) in [4.78, 5) is 8.65. The Morgan fingerprint density at radius 1 is 1.22 bits per heavy atom. The highest BCUT2D eigenvalue weighted by Gasteiger charge is 2.25. The second-order valence-corrected chi connectivity index (χ2v) is 7.67. The van der Waals surface area contributed by atoms with Gasteiger partial charge in [0, 0.05) is 18.0 Å². The van der Waals surface area contributed by atoms with Gasteiger partial charge in [-0.15, -0.1) is 0 Å². The Bertz CT molecular complexity index is 847. The fraction of sp³-hybridized carbons (Fsp3) is 0.375. The zero-order chi connectivity index (χ0) is 15.9. The van der Waals surface area contributed by atoms with Crippen molar-refractivity contribution in [1.82, 2.24) is 14.7 Å². The quantitative estimate of drug-likeness (QED) is 0.903. The summed E-state index contributed by atoms with van der Waals surface area (Å²) in [5.41, 5.74) is 2.63. The smallest absolute Gasteiger partial charge is 0.240 e. The Kier molecular flexibility index (Phi) is 3.54. The molecule has 0 unspecified atom stereocenters. The molecule has 2 aliphatic rings. The molecule has 23 heavy (non-hydrogen) atoms. The van der Waals surface area contributed by atoms with Crippen molar-refractivity contribution in [2.24, 2.45) is 0 Å². The van der Waals surface area contributed by atoms with Gasteiger partial charge < -0.3 is 4.74 Å². The molecule has 1 aromatic carbocycles. The average molecular weight is 331 g/mol. The van der Waals surface area contributed by atoms with Crippen LogP contribution in [0.2, 0.25) is 0 Å². The first kappa shape index (κ1) is 14.6. The van der Waals surface area contributed by atoms with E-state index in [0.29, 0.717) is 18.2 Å². The Balaban J connectivity index is 1.50. The lowest BCUT2D eigenvalue weighted by molar-refractivity contribution is 0.356. The molecule has 2 heterocycles. The highest BCUT2D eigenvalue weighted by Crippen LogP contribution is 2.38. The van der Waals surface area contributed by atoms with Crippen molar-refractivity contribution in [2.45, 2.75) is 36.6 Å². The lowest BCUT2D eigenvalue weighted by atomic mass is 10.2.